The average molecular weight is 172 g/mol. The van der Waals surface area contributed by atoms with Gasteiger partial charge in [-0.1, -0.05) is 21.3 Å². The summed E-state index contributed by atoms with van der Waals surface area (Å²) in [6.45, 7) is 9.08. The lowest BCUT2D eigenvalue weighted by Crippen LogP contribution is -2.47. The summed E-state index contributed by atoms with van der Waals surface area (Å²) >= 11 is 0. The Balaban J connectivity index is 0.000000378. The molecule has 0 amide bonds. The first-order valence-electron chi connectivity index (χ1n) is 4.91. The monoisotopic (exact) mass is 172 g/mol. The predicted octanol–water partition coefficient (Wildman–Crippen LogP) is 1.72. The molecule has 2 heteroatoms. The van der Waals surface area contributed by atoms with Gasteiger partial charge in [-0.15, -0.1) is 0 Å². The van der Waals surface area contributed by atoms with Gasteiger partial charge in [-0.25, -0.2) is 0 Å². The molecule has 0 aliphatic carbocycles. The van der Waals surface area contributed by atoms with E-state index < -0.39 is 0 Å². The largest absolute Gasteiger partial charge is 0.314 e. The summed E-state index contributed by atoms with van der Waals surface area (Å²) in [6, 6.07) is 0.888. The summed E-state index contributed by atoms with van der Waals surface area (Å²) in [7, 11) is 0. The van der Waals surface area contributed by atoms with Gasteiger partial charge in [0, 0.05) is 25.7 Å². The Hall–Kier alpha value is -0.0800. The Morgan fingerprint density at radius 3 is 2.67 bits per heavy atom. The molecule has 0 aromatic carbocycles. The third-order valence-corrected chi connectivity index (χ3v) is 2.45. The fourth-order valence-electron chi connectivity index (χ4n) is 1.91. The van der Waals surface area contributed by atoms with Crippen LogP contribution in [0.5, 0.6) is 0 Å². The number of fused-ring (bicyclic) bond motifs is 1. The van der Waals surface area contributed by atoms with Crippen molar-refractivity contribution in [3.8, 4) is 0 Å². The highest BCUT2D eigenvalue weighted by atomic mass is 15.2. The van der Waals surface area contributed by atoms with Crippen LogP contribution in [0.4, 0.5) is 0 Å². The minimum absolute atomic E-state index is 0. The van der Waals surface area contributed by atoms with Crippen molar-refractivity contribution in [1.29, 1.82) is 0 Å². The van der Waals surface area contributed by atoms with Crippen molar-refractivity contribution in [3.05, 3.63) is 0 Å². The van der Waals surface area contributed by atoms with Gasteiger partial charge in [-0.2, -0.15) is 0 Å². The number of nitrogens with zero attached hydrogens (tertiary/aromatic N) is 1. The van der Waals surface area contributed by atoms with E-state index in [0.717, 1.165) is 6.04 Å². The summed E-state index contributed by atoms with van der Waals surface area (Å²) in [5.41, 5.74) is 0. The highest BCUT2D eigenvalue weighted by Gasteiger charge is 2.25. The van der Waals surface area contributed by atoms with E-state index in [1.54, 1.807) is 0 Å². The lowest BCUT2D eigenvalue weighted by molar-refractivity contribution is 0.212. The molecule has 1 unspecified atom stereocenters. The maximum Gasteiger partial charge on any atom is 0.0221 e. The molecular formula is C10H24N2. The molecule has 12 heavy (non-hydrogen) atoms. The van der Waals surface area contributed by atoms with Gasteiger partial charge in [-0.3, -0.25) is 4.90 Å². The van der Waals surface area contributed by atoms with Crippen LogP contribution in [-0.4, -0.2) is 37.1 Å². The second kappa shape index (κ2) is 6.44. The topological polar surface area (TPSA) is 15.3 Å². The second-order valence-electron chi connectivity index (χ2n) is 3.04. The molecule has 2 aliphatic rings. The van der Waals surface area contributed by atoms with Crippen molar-refractivity contribution < 1.29 is 0 Å². The van der Waals surface area contributed by atoms with Gasteiger partial charge >= 0.3 is 0 Å². The zero-order valence-electron chi connectivity index (χ0n) is 7.77. The van der Waals surface area contributed by atoms with Crippen molar-refractivity contribution >= 4 is 0 Å². The van der Waals surface area contributed by atoms with Crippen molar-refractivity contribution in [2.75, 3.05) is 26.2 Å². The van der Waals surface area contributed by atoms with E-state index in [4.69, 9.17) is 0 Å². The molecule has 2 fully saturated rings. The lowest BCUT2D eigenvalue weighted by atomic mass is 10.2. The van der Waals surface area contributed by atoms with Crippen molar-refractivity contribution in [3.63, 3.8) is 0 Å². The first-order chi connectivity index (χ1) is 5.47. The van der Waals surface area contributed by atoms with Gasteiger partial charge in [0.1, 0.15) is 0 Å². The van der Waals surface area contributed by atoms with Crippen LogP contribution in [0.2, 0.25) is 0 Å². The van der Waals surface area contributed by atoms with Crippen LogP contribution in [0.3, 0.4) is 0 Å². The number of nitrogens with one attached hydrogen (secondary N) is 1. The minimum Gasteiger partial charge on any atom is -0.314 e. The van der Waals surface area contributed by atoms with Crippen LogP contribution in [0.15, 0.2) is 0 Å². The van der Waals surface area contributed by atoms with E-state index >= 15 is 0 Å². The quantitative estimate of drug-likeness (QED) is 0.598. The summed E-state index contributed by atoms with van der Waals surface area (Å²) in [5, 5.41) is 3.41. The molecule has 2 saturated heterocycles. The second-order valence-corrected chi connectivity index (χ2v) is 3.04. The Labute approximate surface area is 77.3 Å². The van der Waals surface area contributed by atoms with Crippen LogP contribution in [0.1, 0.15) is 34.1 Å². The van der Waals surface area contributed by atoms with Gasteiger partial charge in [0.2, 0.25) is 0 Å². The van der Waals surface area contributed by atoms with Gasteiger partial charge in [-0.05, 0) is 19.4 Å². The van der Waals surface area contributed by atoms with E-state index in [1.807, 2.05) is 13.8 Å². The number of piperazine rings is 1. The summed E-state index contributed by atoms with van der Waals surface area (Å²) in [5.74, 6) is 0. The Bertz CT molecular complexity index is 92.0. The Morgan fingerprint density at radius 1 is 1.25 bits per heavy atom. The number of hydrogen-bond donors (Lipinski definition) is 1. The molecule has 2 aliphatic heterocycles. The molecule has 0 spiro atoms. The SMILES string of the molecule is C.C1CC2CNCCN2C1.CC. The normalized spacial score (nSPS) is 28.0. The molecule has 0 bridgehead atoms. The van der Waals surface area contributed by atoms with E-state index in [0.29, 0.717) is 0 Å². The molecular weight excluding hydrogens is 148 g/mol. The average Bonchev–Trinajstić information content (AvgIpc) is 2.55. The fraction of sp³-hybridized carbons (Fsp3) is 1.00. The van der Waals surface area contributed by atoms with Gasteiger partial charge in [0.15, 0.2) is 0 Å². The first kappa shape index (κ1) is 11.9. The smallest absolute Gasteiger partial charge is 0.0221 e. The zero-order chi connectivity index (χ0) is 8.10. The Morgan fingerprint density at radius 2 is 2.00 bits per heavy atom. The van der Waals surface area contributed by atoms with Crippen molar-refractivity contribution in [1.82, 2.24) is 10.2 Å². The summed E-state index contributed by atoms with van der Waals surface area (Å²) in [6.07, 6.45) is 2.85. The Kier molecular flexibility index (Phi) is 6.39. The van der Waals surface area contributed by atoms with Gasteiger partial charge < -0.3 is 5.32 Å². The molecule has 2 rings (SSSR count). The molecule has 2 nitrogen and oxygen atoms in total. The molecule has 0 saturated carbocycles. The van der Waals surface area contributed by atoms with Crippen LogP contribution < -0.4 is 5.32 Å². The maximum atomic E-state index is 3.41. The minimum atomic E-state index is 0. The van der Waals surface area contributed by atoms with Crippen molar-refractivity contribution in [2.45, 2.75) is 40.2 Å². The summed E-state index contributed by atoms with van der Waals surface area (Å²) < 4.78 is 0. The lowest BCUT2D eigenvalue weighted by Gasteiger charge is -2.29. The third kappa shape index (κ3) is 2.76. The maximum absolute atomic E-state index is 3.41. The van der Waals surface area contributed by atoms with Crippen molar-refractivity contribution in [2.24, 2.45) is 0 Å². The van der Waals surface area contributed by atoms with E-state index in [9.17, 15) is 0 Å². The van der Waals surface area contributed by atoms with E-state index in [-0.39, 0.29) is 7.43 Å². The standard InChI is InChI=1S/C7H14N2.C2H6.CH4/c1-2-7-6-8-3-5-9(7)4-1;1-2;/h7-8H,1-6H2;1-2H3;1H4. The summed E-state index contributed by atoms with van der Waals surface area (Å²) in [4.78, 5) is 2.61. The molecule has 0 aromatic heterocycles. The highest BCUT2D eigenvalue weighted by molar-refractivity contribution is 4.84. The molecule has 74 valence electrons. The highest BCUT2D eigenvalue weighted by Crippen LogP contribution is 2.17. The molecule has 0 radical (unpaired) electrons. The van der Waals surface area contributed by atoms with Gasteiger partial charge in [0.05, 0.1) is 0 Å². The predicted molar refractivity (Wildman–Crippen MR) is 55.5 cm³/mol. The molecule has 1 N–H and O–H groups in total. The first-order valence-corrected chi connectivity index (χ1v) is 4.91. The van der Waals surface area contributed by atoms with Crippen LogP contribution in [0.25, 0.3) is 0 Å². The molecule has 1 atom stereocenters. The van der Waals surface area contributed by atoms with E-state index in [2.05, 4.69) is 10.2 Å². The zero-order valence-corrected chi connectivity index (χ0v) is 7.77. The van der Waals surface area contributed by atoms with Crippen LogP contribution >= 0.6 is 0 Å². The molecule has 2 heterocycles. The van der Waals surface area contributed by atoms with Crippen LogP contribution in [0, 0.1) is 0 Å². The van der Waals surface area contributed by atoms with Gasteiger partial charge in [0.25, 0.3) is 0 Å². The number of rotatable bonds is 0. The van der Waals surface area contributed by atoms with Crippen LogP contribution in [-0.2, 0) is 0 Å². The van der Waals surface area contributed by atoms with E-state index in [1.165, 1.54) is 39.0 Å². The number of hydrogen-bond acceptors (Lipinski definition) is 2. The molecule has 0 aromatic rings. The third-order valence-electron chi connectivity index (χ3n) is 2.45. The fourth-order valence-corrected chi connectivity index (χ4v) is 1.91.